The van der Waals surface area contributed by atoms with Crippen LogP contribution in [0.3, 0.4) is 0 Å². The molecule has 4 heteroatoms. The van der Waals surface area contributed by atoms with Crippen LogP contribution in [0.2, 0.25) is 0 Å². The summed E-state index contributed by atoms with van der Waals surface area (Å²) in [6.07, 6.45) is 3.87. The summed E-state index contributed by atoms with van der Waals surface area (Å²) in [5, 5.41) is 9.27. The second kappa shape index (κ2) is 4.19. The molecule has 1 saturated heterocycles. The average molecular weight is 246 g/mol. The van der Waals surface area contributed by atoms with E-state index in [-0.39, 0.29) is 0 Å². The van der Waals surface area contributed by atoms with Gasteiger partial charge in [-0.15, -0.1) is 0 Å². The van der Waals surface area contributed by atoms with Crippen molar-refractivity contribution >= 4 is 17.3 Å². The molecule has 18 heavy (non-hydrogen) atoms. The maximum Gasteiger partial charge on any atom is 0.337 e. The molecule has 1 heterocycles. The number of nitrogens with two attached hydrogens (primary N) is 1. The monoisotopic (exact) mass is 246 g/mol. The Kier molecular flexibility index (Phi) is 2.65. The molecule has 2 aliphatic rings. The van der Waals surface area contributed by atoms with Gasteiger partial charge in [0.1, 0.15) is 0 Å². The van der Waals surface area contributed by atoms with Crippen molar-refractivity contribution < 1.29 is 9.90 Å². The van der Waals surface area contributed by atoms with Crippen molar-refractivity contribution in [1.82, 2.24) is 0 Å². The van der Waals surface area contributed by atoms with Crippen molar-refractivity contribution in [2.45, 2.75) is 19.3 Å². The number of carboxylic acids is 1. The van der Waals surface area contributed by atoms with Gasteiger partial charge in [-0.1, -0.05) is 12.5 Å². The Balaban J connectivity index is 1.95. The highest BCUT2D eigenvalue weighted by atomic mass is 16.4. The quantitative estimate of drug-likeness (QED) is 0.785. The molecule has 1 aliphatic carbocycles. The maximum atomic E-state index is 11.3. The molecule has 2 fully saturated rings. The molecular formula is C14H18N2O2. The fraction of sp³-hybridized carbons (Fsp3) is 0.500. The summed E-state index contributed by atoms with van der Waals surface area (Å²) in [4.78, 5) is 13.5. The average Bonchev–Trinajstić information content (AvgIpc) is 2.88. The van der Waals surface area contributed by atoms with Gasteiger partial charge in [0.25, 0.3) is 0 Å². The number of fused-ring (bicyclic) bond motifs is 1. The lowest BCUT2D eigenvalue weighted by molar-refractivity contribution is 0.0697. The molecule has 96 valence electrons. The number of rotatable bonds is 2. The summed E-state index contributed by atoms with van der Waals surface area (Å²) in [7, 11) is 0. The minimum absolute atomic E-state index is 0.329. The van der Waals surface area contributed by atoms with Crippen molar-refractivity contribution in [3.63, 3.8) is 0 Å². The highest BCUT2D eigenvalue weighted by Crippen LogP contribution is 2.41. The molecule has 3 N–H and O–H groups in total. The number of aromatic carboxylic acids is 1. The second-order valence-electron chi connectivity index (χ2n) is 5.40. The Morgan fingerprint density at radius 3 is 2.56 bits per heavy atom. The number of hydrogen-bond donors (Lipinski definition) is 2. The standard InChI is InChI=1S/C14H18N2O2/c15-12-6-2-5-11(14(17)18)13(12)16-7-9-3-1-4-10(9)8-16/h2,5-6,9-10H,1,3-4,7-8,15H2,(H,17,18). The van der Waals surface area contributed by atoms with Crippen molar-refractivity contribution in [3.05, 3.63) is 23.8 Å². The lowest BCUT2D eigenvalue weighted by Crippen LogP contribution is -2.24. The molecule has 2 unspecified atom stereocenters. The fourth-order valence-corrected chi connectivity index (χ4v) is 3.50. The second-order valence-corrected chi connectivity index (χ2v) is 5.40. The van der Waals surface area contributed by atoms with Crippen LogP contribution >= 0.6 is 0 Å². The van der Waals surface area contributed by atoms with E-state index in [0.717, 1.165) is 30.6 Å². The smallest absolute Gasteiger partial charge is 0.337 e. The van der Waals surface area contributed by atoms with E-state index in [1.165, 1.54) is 19.3 Å². The topological polar surface area (TPSA) is 66.6 Å². The number of anilines is 2. The molecule has 4 nitrogen and oxygen atoms in total. The van der Waals surface area contributed by atoms with Gasteiger partial charge in [-0.2, -0.15) is 0 Å². The molecule has 1 aliphatic heterocycles. The largest absolute Gasteiger partial charge is 0.478 e. The lowest BCUT2D eigenvalue weighted by Gasteiger charge is -2.23. The number of benzene rings is 1. The van der Waals surface area contributed by atoms with Crippen LogP contribution in [0.5, 0.6) is 0 Å². The molecule has 0 radical (unpaired) electrons. The van der Waals surface area contributed by atoms with Gasteiger partial charge in [-0.3, -0.25) is 0 Å². The zero-order valence-electron chi connectivity index (χ0n) is 10.3. The van der Waals surface area contributed by atoms with Gasteiger partial charge in [0.2, 0.25) is 0 Å². The maximum absolute atomic E-state index is 11.3. The number of nitrogen functional groups attached to an aromatic ring is 1. The molecule has 1 aromatic rings. The number of para-hydroxylation sites is 1. The van der Waals surface area contributed by atoms with Crippen molar-refractivity contribution in [1.29, 1.82) is 0 Å². The number of carbonyl (C=O) groups is 1. The summed E-state index contributed by atoms with van der Waals surface area (Å²) in [5.74, 6) is 0.562. The van der Waals surface area contributed by atoms with Crippen molar-refractivity contribution in [3.8, 4) is 0 Å². The summed E-state index contributed by atoms with van der Waals surface area (Å²) < 4.78 is 0. The summed E-state index contributed by atoms with van der Waals surface area (Å²) in [5.41, 5.74) is 7.61. The van der Waals surface area contributed by atoms with Gasteiger partial charge < -0.3 is 15.7 Å². The Labute approximate surface area is 106 Å². The summed E-state index contributed by atoms with van der Waals surface area (Å²) in [6, 6.07) is 5.14. The van der Waals surface area contributed by atoms with E-state index < -0.39 is 5.97 Å². The van der Waals surface area contributed by atoms with Crippen molar-refractivity contribution in [2.75, 3.05) is 23.7 Å². The Hall–Kier alpha value is -1.71. The highest BCUT2D eigenvalue weighted by molar-refractivity contribution is 5.98. The van der Waals surface area contributed by atoms with Crippen LogP contribution in [0.4, 0.5) is 11.4 Å². The first-order valence-electron chi connectivity index (χ1n) is 6.53. The molecule has 0 aromatic heterocycles. The minimum Gasteiger partial charge on any atom is -0.478 e. The first-order chi connectivity index (χ1) is 8.66. The van der Waals surface area contributed by atoms with Crippen LogP contribution in [0.1, 0.15) is 29.6 Å². The van der Waals surface area contributed by atoms with E-state index >= 15 is 0 Å². The van der Waals surface area contributed by atoms with Gasteiger partial charge in [0.05, 0.1) is 16.9 Å². The third kappa shape index (κ3) is 1.72. The third-order valence-electron chi connectivity index (χ3n) is 4.34. The van der Waals surface area contributed by atoms with Crippen LogP contribution in [-0.4, -0.2) is 24.2 Å². The van der Waals surface area contributed by atoms with Crippen LogP contribution in [0, 0.1) is 11.8 Å². The normalized spacial score (nSPS) is 26.3. The highest BCUT2D eigenvalue weighted by Gasteiger charge is 2.37. The first kappa shape index (κ1) is 11.4. The zero-order valence-corrected chi connectivity index (χ0v) is 10.3. The number of hydrogen-bond acceptors (Lipinski definition) is 3. The molecular weight excluding hydrogens is 228 g/mol. The van der Waals surface area contributed by atoms with Crippen molar-refractivity contribution in [2.24, 2.45) is 11.8 Å². The predicted octanol–water partition coefficient (Wildman–Crippen LogP) is 2.20. The van der Waals surface area contributed by atoms with E-state index in [2.05, 4.69) is 4.90 Å². The van der Waals surface area contributed by atoms with E-state index in [9.17, 15) is 9.90 Å². The number of nitrogens with zero attached hydrogens (tertiary/aromatic N) is 1. The van der Waals surface area contributed by atoms with Crippen LogP contribution < -0.4 is 10.6 Å². The molecule has 3 rings (SSSR count). The molecule has 0 bridgehead atoms. The Morgan fingerprint density at radius 1 is 1.28 bits per heavy atom. The molecule has 1 aromatic carbocycles. The molecule has 0 spiro atoms. The summed E-state index contributed by atoms with van der Waals surface area (Å²) in [6.45, 7) is 1.91. The van der Waals surface area contributed by atoms with Gasteiger partial charge in [-0.05, 0) is 36.8 Å². The Morgan fingerprint density at radius 2 is 1.94 bits per heavy atom. The van der Waals surface area contributed by atoms with E-state index in [1.54, 1.807) is 18.2 Å². The third-order valence-corrected chi connectivity index (χ3v) is 4.34. The molecule has 0 amide bonds. The number of carboxylic acid groups (broad SMARTS) is 1. The minimum atomic E-state index is -0.894. The van der Waals surface area contributed by atoms with E-state index in [4.69, 9.17) is 5.73 Å². The van der Waals surface area contributed by atoms with Gasteiger partial charge in [0.15, 0.2) is 0 Å². The van der Waals surface area contributed by atoms with Crippen LogP contribution in [0.25, 0.3) is 0 Å². The van der Waals surface area contributed by atoms with E-state index in [0.29, 0.717) is 11.3 Å². The Bertz CT molecular complexity index is 475. The van der Waals surface area contributed by atoms with Crippen LogP contribution in [0.15, 0.2) is 18.2 Å². The fourth-order valence-electron chi connectivity index (χ4n) is 3.50. The lowest BCUT2D eigenvalue weighted by atomic mass is 10.0. The molecule has 2 atom stereocenters. The predicted molar refractivity (Wildman–Crippen MR) is 70.9 cm³/mol. The SMILES string of the molecule is Nc1cccc(C(=O)O)c1N1CC2CCCC2C1. The van der Waals surface area contributed by atoms with Gasteiger partial charge in [-0.25, -0.2) is 4.79 Å². The summed E-state index contributed by atoms with van der Waals surface area (Å²) >= 11 is 0. The zero-order chi connectivity index (χ0) is 12.7. The van der Waals surface area contributed by atoms with Gasteiger partial charge in [0, 0.05) is 13.1 Å². The van der Waals surface area contributed by atoms with Gasteiger partial charge >= 0.3 is 5.97 Å². The first-order valence-corrected chi connectivity index (χ1v) is 6.53. The molecule has 1 saturated carbocycles. The van der Waals surface area contributed by atoms with E-state index in [1.807, 2.05) is 0 Å². The van der Waals surface area contributed by atoms with Crippen LogP contribution in [-0.2, 0) is 0 Å².